The largest absolute Gasteiger partial charge is 0.459 e. The van der Waals surface area contributed by atoms with Crippen LogP contribution in [-0.2, 0) is 38.4 Å². The number of allylic oxidation sites excluding steroid dienone is 1. The van der Waals surface area contributed by atoms with Gasteiger partial charge in [0, 0.05) is 26.0 Å². The average Bonchev–Trinajstić information content (AvgIpc) is 2.82. The van der Waals surface area contributed by atoms with E-state index in [9.17, 15) is 18.0 Å². The number of benzene rings is 2. The summed E-state index contributed by atoms with van der Waals surface area (Å²) in [5, 5.41) is 11.8. The third kappa shape index (κ3) is 7.05. The smallest absolute Gasteiger partial charge is 0.416 e. The third-order valence-electron chi connectivity index (χ3n) is 5.18. The van der Waals surface area contributed by atoms with Gasteiger partial charge in [0.05, 0.1) is 25.4 Å². The highest BCUT2D eigenvalue weighted by atomic mass is 19.4. The van der Waals surface area contributed by atoms with Crippen molar-refractivity contribution in [1.82, 2.24) is 5.32 Å². The number of aliphatic hydroxyl groups is 1. The normalized spacial score (nSPS) is 18.4. The second-order valence-corrected chi connectivity index (χ2v) is 7.57. The number of hydrogen-bond acceptors (Lipinski definition) is 5. The van der Waals surface area contributed by atoms with E-state index in [0.29, 0.717) is 18.6 Å². The molecule has 0 saturated heterocycles. The number of aliphatic hydroxyl groups excluding tert-OH is 1. The van der Waals surface area contributed by atoms with Crippen molar-refractivity contribution in [2.75, 3.05) is 20.3 Å². The molecule has 2 aromatic carbocycles. The van der Waals surface area contributed by atoms with Gasteiger partial charge in [-0.25, -0.2) is 0 Å². The Morgan fingerprint density at radius 1 is 1.12 bits per heavy atom. The molecule has 2 aromatic rings. The second-order valence-electron chi connectivity index (χ2n) is 7.57. The zero-order valence-corrected chi connectivity index (χ0v) is 18.1. The first-order valence-electron chi connectivity index (χ1n) is 10.4. The zero-order valence-electron chi connectivity index (χ0n) is 18.1. The SMILES string of the molecule is COCCNC(=O)C1=C[C@H](c2ccc(C(F)(F)F)cc2)C[C@H](OCc2ccc(CO)cc2)O1. The Kier molecular flexibility index (Phi) is 8.49. The van der Waals surface area contributed by atoms with E-state index in [4.69, 9.17) is 19.3 Å². The first-order chi connectivity index (χ1) is 15.8. The molecule has 0 aliphatic carbocycles. The molecule has 1 amide bonds. The fourth-order valence-corrected chi connectivity index (χ4v) is 3.35. The predicted molar refractivity (Wildman–Crippen MR) is 114 cm³/mol. The van der Waals surface area contributed by atoms with Gasteiger partial charge < -0.3 is 24.6 Å². The van der Waals surface area contributed by atoms with Gasteiger partial charge in [-0.2, -0.15) is 13.2 Å². The minimum absolute atomic E-state index is 0.0443. The van der Waals surface area contributed by atoms with Crippen LogP contribution in [0.4, 0.5) is 13.2 Å². The summed E-state index contributed by atoms with van der Waals surface area (Å²) in [6, 6.07) is 12.0. The molecule has 3 rings (SSSR count). The number of ether oxygens (including phenoxy) is 3. The topological polar surface area (TPSA) is 77.0 Å². The number of methoxy groups -OCH3 is 1. The summed E-state index contributed by atoms with van der Waals surface area (Å²) in [5.74, 6) is -0.779. The number of halogens is 3. The maximum atomic E-state index is 12.9. The zero-order chi connectivity index (χ0) is 23.8. The molecule has 0 unspecified atom stereocenters. The number of hydrogen-bond donors (Lipinski definition) is 2. The van der Waals surface area contributed by atoms with Crippen molar-refractivity contribution >= 4 is 5.91 Å². The lowest BCUT2D eigenvalue weighted by molar-refractivity contribution is -0.150. The summed E-state index contributed by atoms with van der Waals surface area (Å²) >= 11 is 0. The number of carbonyl (C=O) groups is 1. The summed E-state index contributed by atoms with van der Waals surface area (Å²) < 4.78 is 55.3. The van der Waals surface area contributed by atoms with Gasteiger partial charge in [0.25, 0.3) is 5.91 Å². The van der Waals surface area contributed by atoms with E-state index in [2.05, 4.69) is 5.32 Å². The molecular weight excluding hydrogens is 439 g/mol. The van der Waals surface area contributed by atoms with Crippen LogP contribution >= 0.6 is 0 Å². The van der Waals surface area contributed by atoms with Crippen molar-refractivity contribution in [1.29, 1.82) is 0 Å². The molecule has 1 aliphatic heterocycles. The molecule has 1 heterocycles. The van der Waals surface area contributed by atoms with E-state index >= 15 is 0 Å². The Morgan fingerprint density at radius 2 is 1.79 bits per heavy atom. The standard InChI is InChI=1S/C24H26F3NO5/c1-31-11-10-28-23(30)21-12-19(18-6-8-20(9-7-18)24(25,26)27)13-22(33-21)32-15-17-4-2-16(14-29)3-5-17/h2-9,12,19,22,29H,10-11,13-15H2,1H3,(H,28,30)/t19-,22+/m0/s1. The molecule has 0 saturated carbocycles. The minimum atomic E-state index is -4.42. The summed E-state index contributed by atoms with van der Waals surface area (Å²) in [5.41, 5.74) is 1.50. The number of amides is 1. The van der Waals surface area contributed by atoms with Crippen molar-refractivity contribution in [2.45, 2.75) is 38.0 Å². The Balaban J connectivity index is 1.75. The number of alkyl halides is 3. The lowest BCUT2D eigenvalue weighted by atomic mass is 9.92. The summed E-state index contributed by atoms with van der Waals surface area (Å²) in [4.78, 5) is 12.5. The van der Waals surface area contributed by atoms with Crippen molar-refractivity contribution < 1.29 is 37.3 Å². The first kappa shape index (κ1) is 24.8. The molecule has 6 nitrogen and oxygen atoms in total. The molecule has 0 fully saturated rings. The lowest BCUT2D eigenvalue weighted by Crippen LogP contribution is -2.34. The minimum Gasteiger partial charge on any atom is -0.459 e. The quantitative estimate of drug-likeness (QED) is 0.550. The van der Waals surface area contributed by atoms with E-state index in [0.717, 1.165) is 23.3 Å². The molecule has 2 atom stereocenters. The van der Waals surface area contributed by atoms with Gasteiger partial charge in [-0.05, 0) is 34.9 Å². The van der Waals surface area contributed by atoms with Crippen LogP contribution in [0.15, 0.2) is 60.4 Å². The Labute approximate surface area is 190 Å². The highest BCUT2D eigenvalue weighted by Crippen LogP contribution is 2.34. The van der Waals surface area contributed by atoms with E-state index in [-0.39, 0.29) is 31.4 Å². The first-order valence-corrected chi connectivity index (χ1v) is 10.4. The van der Waals surface area contributed by atoms with Crippen molar-refractivity contribution in [3.8, 4) is 0 Å². The van der Waals surface area contributed by atoms with Crippen LogP contribution in [0.5, 0.6) is 0 Å². The summed E-state index contributed by atoms with van der Waals surface area (Å²) in [6.45, 7) is 0.748. The van der Waals surface area contributed by atoms with Gasteiger partial charge >= 0.3 is 6.18 Å². The predicted octanol–water partition coefficient (Wildman–Crippen LogP) is 3.89. The molecule has 178 valence electrons. The molecule has 1 aliphatic rings. The van der Waals surface area contributed by atoms with Gasteiger partial charge in [0.15, 0.2) is 5.76 Å². The van der Waals surface area contributed by atoms with Gasteiger partial charge in [0.1, 0.15) is 0 Å². The van der Waals surface area contributed by atoms with Gasteiger partial charge in [-0.3, -0.25) is 4.79 Å². The molecule has 0 spiro atoms. The third-order valence-corrected chi connectivity index (χ3v) is 5.18. The van der Waals surface area contributed by atoms with Gasteiger partial charge in [-0.15, -0.1) is 0 Å². The maximum Gasteiger partial charge on any atom is 0.416 e. The van der Waals surface area contributed by atoms with Crippen LogP contribution in [0.25, 0.3) is 0 Å². The molecule has 0 radical (unpaired) electrons. The average molecular weight is 465 g/mol. The fourth-order valence-electron chi connectivity index (χ4n) is 3.35. The Bertz CT molecular complexity index is 942. The van der Waals surface area contributed by atoms with E-state index in [1.807, 2.05) is 12.1 Å². The fraction of sp³-hybridized carbons (Fsp3) is 0.375. The van der Waals surface area contributed by atoms with Crippen LogP contribution < -0.4 is 5.32 Å². The number of carbonyl (C=O) groups excluding carboxylic acids is 1. The highest BCUT2D eigenvalue weighted by Gasteiger charge is 2.32. The summed E-state index contributed by atoms with van der Waals surface area (Å²) in [7, 11) is 1.51. The lowest BCUT2D eigenvalue weighted by Gasteiger charge is -2.29. The summed E-state index contributed by atoms with van der Waals surface area (Å²) in [6.07, 6.45) is -3.27. The second kappa shape index (κ2) is 11.3. The molecule has 33 heavy (non-hydrogen) atoms. The van der Waals surface area contributed by atoms with Crippen LogP contribution in [0.1, 0.15) is 34.6 Å². The monoisotopic (exact) mass is 465 g/mol. The number of rotatable bonds is 9. The van der Waals surface area contributed by atoms with Crippen LogP contribution in [-0.4, -0.2) is 37.6 Å². The van der Waals surface area contributed by atoms with Crippen LogP contribution in [0, 0.1) is 0 Å². The molecule has 2 N–H and O–H groups in total. The van der Waals surface area contributed by atoms with Crippen molar-refractivity contribution in [2.24, 2.45) is 0 Å². The van der Waals surface area contributed by atoms with E-state index in [1.165, 1.54) is 19.2 Å². The Hall–Kier alpha value is -2.88. The van der Waals surface area contributed by atoms with E-state index < -0.39 is 23.9 Å². The van der Waals surface area contributed by atoms with E-state index in [1.54, 1.807) is 18.2 Å². The van der Waals surface area contributed by atoms with Crippen molar-refractivity contribution in [3.05, 3.63) is 82.6 Å². The highest BCUT2D eigenvalue weighted by molar-refractivity contribution is 5.91. The Morgan fingerprint density at radius 3 is 2.39 bits per heavy atom. The van der Waals surface area contributed by atoms with Gasteiger partial charge in [0.2, 0.25) is 6.29 Å². The molecule has 9 heteroatoms. The molecule has 0 bridgehead atoms. The number of nitrogens with one attached hydrogen (secondary N) is 1. The maximum absolute atomic E-state index is 12.9. The van der Waals surface area contributed by atoms with Crippen molar-refractivity contribution in [3.63, 3.8) is 0 Å². The molecular formula is C24H26F3NO5. The van der Waals surface area contributed by atoms with Gasteiger partial charge in [-0.1, -0.05) is 36.4 Å². The van der Waals surface area contributed by atoms with Crippen LogP contribution in [0.3, 0.4) is 0 Å². The molecule has 0 aromatic heterocycles. The van der Waals surface area contributed by atoms with Crippen LogP contribution in [0.2, 0.25) is 0 Å².